The van der Waals surface area contributed by atoms with Crippen molar-refractivity contribution < 1.29 is 107 Å². The normalized spacial score (nSPS) is 17.5. The van der Waals surface area contributed by atoms with Crippen LogP contribution in [0.4, 0.5) is 0 Å². The zero-order valence-electron chi connectivity index (χ0n) is 78.2. The largest absolute Gasteiger partial charge is 0.480 e. The van der Waals surface area contributed by atoms with Gasteiger partial charge in [0, 0.05) is 65.2 Å². The summed E-state index contributed by atoms with van der Waals surface area (Å²) in [6.07, 6.45) is -4.81. The van der Waals surface area contributed by atoms with Crippen molar-refractivity contribution in [3.63, 3.8) is 0 Å². The van der Waals surface area contributed by atoms with Gasteiger partial charge in [-0.15, -0.1) is 0 Å². The van der Waals surface area contributed by atoms with Crippen LogP contribution >= 0.6 is 0 Å². The van der Waals surface area contributed by atoms with E-state index in [0.717, 1.165) is 18.7 Å². The molecular formula is C85H138N32O22. The highest BCUT2D eigenvalue weighted by Crippen LogP contribution is 2.27. The number of hydrogen-bond donors (Lipinski definition) is 34. The highest BCUT2D eigenvalue weighted by molar-refractivity contribution is 6.01. The molecule has 3 saturated heterocycles. The van der Waals surface area contributed by atoms with Crippen LogP contribution in [0.3, 0.4) is 0 Å². The Hall–Kier alpha value is -14.4. The van der Waals surface area contributed by atoms with Crippen LogP contribution in [0, 0.1) is 27.0 Å². The molecule has 54 heteroatoms. The fraction of sp³-hybridized carbons (Fsp3) is 0.600. The molecule has 54 nitrogen and oxygen atoms in total. The molecule has 5 rings (SSSR count). The smallest absolute Gasteiger partial charge is 0.326 e. The number of amides is 16. The van der Waals surface area contributed by atoms with Crippen molar-refractivity contribution in [1.82, 2.24) is 110 Å². The molecule has 0 aliphatic carbocycles. The molecule has 3 aliphatic rings. The van der Waals surface area contributed by atoms with E-state index in [-0.39, 0.29) is 167 Å². The number of nitrogens with zero attached hydrogens (tertiary/aromatic N) is 3. The van der Waals surface area contributed by atoms with E-state index in [1.165, 1.54) is 23.6 Å². The Morgan fingerprint density at radius 3 is 1.12 bits per heavy atom. The van der Waals surface area contributed by atoms with E-state index in [1.807, 2.05) is 0 Å². The lowest BCUT2D eigenvalue weighted by Gasteiger charge is -2.33. The molecule has 0 aromatic heterocycles. The van der Waals surface area contributed by atoms with Crippen molar-refractivity contribution in [2.45, 2.75) is 252 Å². The summed E-state index contributed by atoms with van der Waals surface area (Å²) >= 11 is 0. The van der Waals surface area contributed by atoms with E-state index in [0.29, 0.717) is 17.5 Å². The number of carboxylic acids is 1. The average molecular weight is 1960 g/mol. The summed E-state index contributed by atoms with van der Waals surface area (Å²) < 4.78 is 0. The first kappa shape index (κ1) is 115. The van der Waals surface area contributed by atoms with Crippen LogP contribution in [0.2, 0.25) is 0 Å². The molecule has 2 aromatic carbocycles. The minimum atomic E-state index is -1.95. The van der Waals surface area contributed by atoms with Gasteiger partial charge in [0.2, 0.25) is 94.5 Å². The Balaban J connectivity index is 1.30. The molecule has 770 valence electrons. The number of nitrogens with two attached hydrogens (primary N) is 6. The molecule has 0 bridgehead atoms. The minimum Gasteiger partial charge on any atom is -0.480 e. The maximum Gasteiger partial charge on any atom is 0.326 e. The predicted molar refractivity (Wildman–Crippen MR) is 501 cm³/mol. The van der Waals surface area contributed by atoms with Gasteiger partial charge in [0.15, 0.2) is 29.8 Å². The number of benzene rings is 2. The van der Waals surface area contributed by atoms with Crippen LogP contribution in [0.15, 0.2) is 60.7 Å². The number of carbonyl (C=O) groups is 17. The number of rotatable bonds is 58. The lowest BCUT2D eigenvalue weighted by molar-refractivity contribution is -0.148. The Kier molecular flexibility index (Phi) is 48.8. The number of aliphatic hydroxyl groups excluding tert-OH is 4. The van der Waals surface area contributed by atoms with Crippen LogP contribution in [-0.2, 0) is 94.3 Å². The first-order valence-corrected chi connectivity index (χ1v) is 45.7. The zero-order valence-corrected chi connectivity index (χ0v) is 78.2. The van der Waals surface area contributed by atoms with E-state index < -0.39 is 253 Å². The Morgan fingerprint density at radius 2 is 0.698 bits per heavy atom. The summed E-state index contributed by atoms with van der Waals surface area (Å²) in [6, 6.07) is -5.72. The van der Waals surface area contributed by atoms with Crippen LogP contribution in [0.5, 0.6) is 0 Å². The molecule has 3 aliphatic heterocycles. The van der Waals surface area contributed by atoms with Crippen LogP contribution in [0.1, 0.15) is 142 Å². The predicted octanol–water partition coefficient (Wildman–Crippen LogP) is -12.1. The maximum absolute atomic E-state index is 14.9. The van der Waals surface area contributed by atoms with E-state index in [9.17, 15) is 107 Å². The van der Waals surface area contributed by atoms with Crippen LogP contribution in [0.25, 0.3) is 0 Å². The summed E-state index contributed by atoms with van der Waals surface area (Å²) in [5, 5.41) is 135. The van der Waals surface area contributed by atoms with E-state index >= 15 is 0 Å². The third kappa shape index (κ3) is 39.7. The van der Waals surface area contributed by atoms with Gasteiger partial charge in [0.1, 0.15) is 90.6 Å². The number of hydrogen-bond acceptors (Lipinski definition) is 27. The molecule has 139 heavy (non-hydrogen) atoms. The highest BCUT2D eigenvalue weighted by Gasteiger charge is 2.46. The number of nitrogens with one attached hydrogen (secondary N) is 23. The molecular weight excluding hydrogens is 1820 g/mol. The van der Waals surface area contributed by atoms with E-state index in [4.69, 9.17) is 61.4 Å². The first-order valence-electron chi connectivity index (χ1n) is 45.7. The molecule has 16 amide bonds. The number of guanidine groups is 5. The van der Waals surface area contributed by atoms with Gasteiger partial charge in [-0.1, -0.05) is 60.7 Å². The number of carbonyl (C=O) groups excluding carboxylic acids is 16. The molecule has 0 radical (unpaired) electrons. The van der Waals surface area contributed by atoms with Gasteiger partial charge < -0.3 is 170 Å². The second-order valence-corrected chi connectivity index (χ2v) is 33.9. The van der Waals surface area contributed by atoms with Gasteiger partial charge in [0.05, 0.1) is 38.0 Å². The average Bonchev–Trinajstić information content (AvgIpc) is 1.66. The Labute approximate surface area is 801 Å². The number of aliphatic hydroxyl groups is 4. The molecule has 0 saturated carbocycles. The zero-order chi connectivity index (χ0) is 103. The number of likely N-dealkylation sites (tertiary alicyclic amines) is 3. The molecule has 0 spiro atoms. The van der Waals surface area contributed by atoms with Gasteiger partial charge in [-0.3, -0.25) is 104 Å². The fourth-order valence-electron chi connectivity index (χ4n) is 15.4. The molecule has 3 heterocycles. The molecule has 0 unspecified atom stereocenters. The van der Waals surface area contributed by atoms with E-state index in [1.54, 1.807) is 60.7 Å². The van der Waals surface area contributed by atoms with Crippen molar-refractivity contribution in [1.29, 1.82) is 27.0 Å². The number of carboxylic acid groups (broad SMARTS) is 1. The summed E-state index contributed by atoms with van der Waals surface area (Å²) in [5.41, 5.74) is 34.2. The summed E-state index contributed by atoms with van der Waals surface area (Å²) in [5.74, 6) is -18.7. The standard InChI is InChI=1S/C85H138N32O22/c1-44(104-74(132)63(86)45(2)119)66(124)113-65(47(4)121)76(134)114-64(46(3)120)75(133)109-52(25-13-33-99-83(91)92)69(127)108-51(24-12-32-98-82(89)90)68(126)107-50(23-11-31-97-81(87)88)67(125)102-41-61(122)105-53(26-14-34-100-84(93)94)77(135)117-38-18-30-60(117)79(137)116-37-16-28-58(116)72(130)103-42-62(123)106-55(39-48-19-7-5-8-20-48)70(128)112-57(43-118)78(136)115-36-17-29-59(115)73(131)111-56(40-49-21-9-6-10-22-49)71(129)110-54(80(138)139)27-15-35-101-85(95)96/h5-10,19-22,44-47,50-60,63-65,118-121H,11-18,23-43,86H2,1-4H3,(H,102,125)(H,103,130)(H,104,132)(H,105,122)(H,106,123)(H,107,126)(H,108,127)(H,109,133)(H,110,129)(H,111,131)(H,112,128)(H,113,124)(H,114,134)(H,138,139)(H4,87,88,97)(H4,89,90,98)(H4,91,92,99)(H4,93,94,100)(H4,95,96,101)/t44-,45+,46+,47+,50-,51-,52-,53-,54-,55-,56-,57-,58-,59-,60-,63-,64-,65-/m0/s1. The first-order chi connectivity index (χ1) is 65.8. The Morgan fingerprint density at radius 1 is 0.360 bits per heavy atom. The summed E-state index contributed by atoms with van der Waals surface area (Å²) in [7, 11) is 0. The number of aliphatic carboxylic acids is 1. The second-order valence-electron chi connectivity index (χ2n) is 33.9. The summed E-state index contributed by atoms with van der Waals surface area (Å²) in [6.45, 7) is 1.93. The van der Waals surface area contributed by atoms with Crippen LogP contribution < -0.4 is 130 Å². The van der Waals surface area contributed by atoms with Crippen molar-refractivity contribution in [2.24, 2.45) is 34.4 Å². The third-order valence-electron chi connectivity index (χ3n) is 22.8. The quantitative estimate of drug-likeness (QED) is 0.0166. The fourth-order valence-corrected chi connectivity index (χ4v) is 15.4. The van der Waals surface area contributed by atoms with Crippen molar-refractivity contribution in [3.05, 3.63) is 71.8 Å². The van der Waals surface area contributed by atoms with Gasteiger partial charge in [0.25, 0.3) is 0 Å². The summed E-state index contributed by atoms with van der Waals surface area (Å²) in [4.78, 5) is 243. The van der Waals surface area contributed by atoms with Crippen molar-refractivity contribution >= 4 is 130 Å². The lowest BCUT2D eigenvalue weighted by atomic mass is 10.0. The molecule has 2 aromatic rings. The molecule has 18 atom stereocenters. The minimum absolute atomic E-state index is 0.00333. The highest BCUT2D eigenvalue weighted by atomic mass is 16.4. The molecule has 40 N–H and O–H groups in total. The van der Waals surface area contributed by atoms with Crippen molar-refractivity contribution in [3.8, 4) is 0 Å². The SMILES string of the molecule is C[C@H](NC(=O)[C@@H](N)[C@@H](C)O)C(=O)N[C@H](C(=O)N[C@H](C(=O)N[C@@H](CCCNC(=N)N)C(=O)N[C@@H](CCCNC(=N)N)C(=O)N[C@@H](CCCNC(=N)N)C(=O)NCC(=O)N[C@@H](CCCNC(=N)N)C(=O)N1CCC[C@H]1C(=O)N1CCC[C@H]1C(=O)NCC(=O)N[C@@H](Cc1ccccc1)C(=O)N[C@@H](CO)C(=O)N1CCC[C@H]1C(=O)N[C@@H](Cc1ccccc1)C(=O)N[C@@H](CCCNC(=N)N)C(=O)O)[C@@H](C)O)[C@@H](C)O. The van der Waals surface area contributed by atoms with Crippen molar-refractivity contribution in [2.75, 3.05) is 72.1 Å². The Bertz CT molecular complexity index is 4580. The molecule has 3 fully saturated rings. The van der Waals surface area contributed by atoms with Gasteiger partial charge in [-0.2, -0.15) is 0 Å². The maximum atomic E-state index is 14.9. The topological polar surface area (TPSA) is 893 Å². The van der Waals surface area contributed by atoms with Crippen LogP contribution in [-0.4, -0.2) is 352 Å². The van der Waals surface area contributed by atoms with Gasteiger partial charge in [-0.25, -0.2) is 4.79 Å². The monoisotopic (exact) mass is 1960 g/mol. The lowest BCUT2D eigenvalue weighted by Crippen LogP contribution is -2.63. The van der Waals surface area contributed by atoms with Gasteiger partial charge >= 0.3 is 5.97 Å². The third-order valence-corrected chi connectivity index (χ3v) is 22.8. The second kappa shape index (κ2) is 58.9. The van der Waals surface area contributed by atoms with E-state index in [2.05, 4.69) is 95.7 Å². The van der Waals surface area contributed by atoms with Gasteiger partial charge in [-0.05, 0) is 142 Å².